The molecule has 1 aliphatic heterocycles. The van der Waals surface area contributed by atoms with Gasteiger partial charge in [-0.3, -0.25) is 14.7 Å². The minimum absolute atomic E-state index is 0.0482. The second-order valence-electron chi connectivity index (χ2n) is 7.30. The highest BCUT2D eigenvalue weighted by Crippen LogP contribution is 2.21. The molecule has 1 amide bonds. The summed E-state index contributed by atoms with van der Waals surface area (Å²) < 4.78 is 0. The Morgan fingerprint density at radius 2 is 1.68 bits per heavy atom. The van der Waals surface area contributed by atoms with E-state index in [2.05, 4.69) is 48.0 Å². The summed E-state index contributed by atoms with van der Waals surface area (Å²) in [5.41, 5.74) is 3.55. The van der Waals surface area contributed by atoms with Crippen LogP contribution in [-0.2, 0) is 11.2 Å². The Morgan fingerprint density at radius 3 is 2.32 bits per heavy atom. The fourth-order valence-electron chi connectivity index (χ4n) is 3.46. The van der Waals surface area contributed by atoms with Crippen molar-refractivity contribution in [1.29, 1.82) is 0 Å². The third-order valence-electron chi connectivity index (χ3n) is 4.82. The second kappa shape index (κ2) is 7.79. The molecule has 0 bridgehead atoms. The van der Waals surface area contributed by atoms with Crippen molar-refractivity contribution in [3.63, 3.8) is 0 Å². The zero-order chi connectivity index (χ0) is 17.8. The Morgan fingerprint density at radius 1 is 1.04 bits per heavy atom. The van der Waals surface area contributed by atoms with Gasteiger partial charge in [-0.05, 0) is 41.2 Å². The van der Waals surface area contributed by atoms with Crippen molar-refractivity contribution in [3.8, 4) is 11.1 Å². The molecule has 0 saturated carbocycles. The van der Waals surface area contributed by atoms with Gasteiger partial charge in [0.05, 0.1) is 6.04 Å². The van der Waals surface area contributed by atoms with Crippen LogP contribution in [0, 0.1) is 5.92 Å². The van der Waals surface area contributed by atoms with Crippen LogP contribution in [0.2, 0.25) is 0 Å². The topological polar surface area (TPSA) is 36.4 Å². The number of hydrogen-bond acceptors (Lipinski definition) is 3. The molecule has 0 radical (unpaired) electrons. The van der Waals surface area contributed by atoms with Gasteiger partial charge in [0.1, 0.15) is 0 Å². The molecule has 1 atom stereocenters. The van der Waals surface area contributed by atoms with E-state index in [4.69, 9.17) is 0 Å². The third-order valence-corrected chi connectivity index (χ3v) is 4.82. The standard InChI is InChI=1S/C21H27N3O/c1-16(2)15-24-13-12-23(3)21(25)20(24)14-17-4-6-18(7-5-17)19-8-10-22-11-9-19/h4-11,16,20H,12-15H2,1-3H3. The summed E-state index contributed by atoms with van der Waals surface area (Å²) in [4.78, 5) is 21.0. The van der Waals surface area contributed by atoms with Crippen molar-refractivity contribution in [2.24, 2.45) is 5.92 Å². The predicted octanol–water partition coefficient (Wildman–Crippen LogP) is 3.09. The van der Waals surface area contributed by atoms with Crippen LogP contribution < -0.4 is 0 Å². The second-order valence-corrected chi connectivity index (χ2v) is 7.30. The molecule has 1 aliphatic rings. The SMILES string of the molecule is CC(C)CN1CCN(C)C(=O)C1Cc1ccc(-c2ccncc2)cc1. The maximum absolute atomic E-state index is 12.7. The van der Waals surface area contributed by atoms with Crippen molar-refractivity contribution in [3.05, 3.63) is 54.4 Å². The van der Waals surface area contributed by atoms with Crippen molar-refractivity contribution >= 4 is 5.91 Å². The molecule has 4 heteroatoms. The third kappa shape index (κ3) is 4.26. The quantitative estimate of drug-likeness (QED) is 0.841. The highest BCUT2D eigenvalue weighted by atomic mass is 16.2. The molecule has 1 fully saturated rings. The molecule has 25 heavy (non-hydrogen) atoms. The molecule has 132 valence electrons. The van der Waals surface area contributed by atoms with Crippen molar-refractivity contribution in [2.75, 3.05) is 26.7 Å². The predicted molar refractivity (Wildman–Crippen MR) is 101 cm³/mol. The first kappa shape index (κ1) is 17.6. The number of rotatable bonds is 5. The van der Waals surface area contributed by atoms with E-state index in [-0.39, 0.29) is 11.9 Å². The lowest BCUT2D eigenvalue weighted by molar-refractivity contribution is -0.140. The van der Waals surface area contributed by atoms with Gasteiger partial charge in [-0.15, -0.1) is 0 Å². The number of piperazine rings is 1. The molecule has 0 N–H and O–H groups in total. The number of amides is 1. The summed E-state index contributed by atoms with van der Waals surface area (Å²) >= 11 is 0. The van der Waals surface area contributed by atoms with Crippen molar-refractivity contribution < 1.29 is 4.79 Å². The van der Waals surface area contributed by atoms with E-state index >= 15 is 0 Å². The van der Waals surface area contributed by atoms with E-state index in [0.717, 1.165) is 31.6 Å². The summed E-state index contributed by atoms with van der Waals surface area (Å²) in [6.45, 7) is 7.18. The van der Waals surface area contributed by atoms with Gasteiger partial charge in [0.25, 0.3) is 0 Å². The number of aromatic nitrogens is 1. The summed E-state index contributed by atoms with van der Waals surface area (Å²) in [6, 6.07) is 12.5. The molecule has 2 aromatic rings. The average molecular weight is 337 g/mol. The smallest absolute Gasteiger partial charge is 0.240 e. The van der Waals surface area contributed by atoms with Crippen molar-refractivity contribution in [2.45, 2.75) is 26.3 Å². The van der Waals surface area contributed by atoms with E-state index in [1.54, 1.807) is 0 Å². The number of hydrogen-bond donors (Lipinski definition) is 0. The molecule has 1 aromatic heterocycles. The number of nitrogens with zero attached hydrogens (tertiary/aromatic N) is 3. The van der Waals surface area contributed by atoms with Crippen LogP contribution in [0.1, 0.15) is 19.4 Å². The van der Waals surface area contributed by atoms with Gasteiger partial charge in [-0.25, -0.2) is 0 Å². The molecular formula is C21H27N3O. The van der Waals surface area contributed by atoms with E-state index in [1.165, 1.54) is 11.1 Å². The summed E-state index contributed by atoms with van der Waals surface area (Å²) in [5.74, 6) is 0.804. The normalized spacial score (nSPS) is 18.8. The summed E-state index contributed by atoms with van der Waals surface area (Å²) in [7, 11) is 1.91. The number of likely N-dealkylation sites (N-methyl/N-ethyl adjacent to an activating group) is 1. The minimum atomic E-state index is -0.0482. The van der Waals surface area contributed by atoms with Crippen LogP contribution in [0.3, 0.4) is 0 Å². The first-order chi connectivity index (χ1) is 12.0. The molecule has 2 heterocycles. The van der Waals surface area contributed by atoms with Gasteiger partial charge in [-0.2, -0.15) is 0 Å². The van der Waals surface area contributed by atoms with Gasteiger partial charge in [0.2, 0.25) is 5.91 Å². The number of pyridine rings is 1. The zero-order valence-corrected chi connectivity index (χ0v) is 15.4. The van der Waals surface area contributed by atoms with Crippen LogP contribution in [-0.4, -0.2) is 53.4 Å². The fraction of sp³-hybridized carbons (Fsp3) is 0.429. The fourth-order valence-corrected chi connectivity index (χ4v) is 3.46. The Bertz CT molecular complexity index is 697. The Labute approximate surface area is 150 Å². The van der Waals surface area contributed by atoms with Crippen LogP contribution in [0.15, 0.2) is 48.8 Å². The first-order valence-corrected chi connectivity index (χ1v) is 9.03. The Kier molecular flexibility index (Phi) is 5.49. The molecule has 1 aromatic carbocycles. The molecule has 1 saturated heterocycles. The van der Waals surface area contributed by atoms with E-state index in [9.17, 15) is 4.79 Å². The lowest BCUT2D eigenvalue weighted by Gasteiger charge is -2.40. The first-order valence-electron chi connectivity index (χ1n) is 9.03. The lowest BCUT2D eigenvalue weighted by atomic mass is 9.98. The van der Waals surface area contributed by atoms with Crippen molar-refractivity contribution in [1.82, 2.24) is 14.8 Å². The molecule has 1 unspecified atom stereocenters. The highest BCUT2D eigenvalue weighted by Gasteiger charge is 2.33. The molecule has 4 nitrogen and oxygen atoms in total. The minimum Gasteiger partial charge on any atom is -0.343 e. The van der Waals surface area contributed by atoms with Crippen LogP contribution in [0.5, 0.6) is 0 Å². The Balaban J connectivity index is 1.75. The summed E-state index contributed by atoms with van der Waals surface area (Å²) in [5, 5.41) is 0. The maximum Gasteiger partial charge on any atom is 0.240 e. The van der Waals surface area contributed by atoms with Gasteiger partial charge < -0.3 is 4.90 Å². The van der Waals surface area contributed by atoms with Crippen LogP contribution in [0.4, 0.5) is 0 Å². The van der Waals surface area contributed by atoms with E-state index in [1.807, 2.05) is 36.5 Å². The number of benzene rings is 1. The van der Waals surface area contributed by atoms with E-state index < -0.39 is 0 Å². The van der Waals surface area contributed by atoms with E-state index in [0.29, 0.717) is 5.92 Å². The van der Waals surface area contributed by atoms with Gasteiger partial charge in [0, 0.05) is 39.1 Å². The molecule has 3 rings (SSSR count). The summed E-state index contributed by atoms with van der Waals surface area (Å²) in [6.07, 6.45) is 4.39. The average Bonchev–Trinajstić information content (AvgIpc) is 2.62. The molecule has 0 spiro atoms. The zero-order valence-electron chi connectivity index (χ0n) is 15.4. The van der Waals surface area contributed by atoms with Gasteiger partial charge in [0.15, 0.2) is 0 Å². The van der Waals surface area contributed by atoms with Crippen LogP contribution in [0.25, 0.3) is 11.1 Å². The number of carbonyl (C=O) groups excluding carboxylic acids is 1. The molecular weight excluding hydrogens is 310 g/mol. The molecule has 0 aliphatic carbocycles. The van der Waals surface area contributed by atoms with Crippen LogP contribution >= 0.6 is 0 Å². The van der Waals surface area contributed by atoms with Gasteiger partial charge in [-0.1, -0.05) is 38.1 Å². The largest absolute Gasteiger partial charge is 0.343 e. The lowest BCUT2D eigenvalue weighted by Crippen LogP contribution is -2.57. The monoisotopic (exact) mass is 337 g/mol. The maximum atomic E-state index is 12.7. The number of carbonyl (C=O) groups is 1. The Hall–Kier alpha value is -2.20. The highest BCUT2D eigenvalue weighted by molar-refractivity contribution is 5.82. The van der Waals surface area contributed by atoms with Gasteiger partial charge >= 0.3 is 0 Å².